The van der Waals surface area contributed by atoms with Gasteiger partial charge < -0.3 is 20.3 Å². The first-order valence-corrected chi connectivity index (χ1v) is 23.9. The molecule has 0 aliphatic heterocycles. The van der Waals surface area contributed by atoms with Crippen molar-refractivity contribution in [2.24, 2.45) is 0 Å². The van der Waals surface area contributed by atoms with Crippen molar-refractivity contribution in [3.63, 3.8) is 0 Å². The molecule has 0 saturated heterocycles. The minimum absolute atomic E-state index is 0.0416. The van der Waals surface area contributed by atoms with Crippen LogP contribution >= 0.6 is 0 Å². The lowest BCUT2D eigenvalue weighted by Crippen LogP contribution is -2.46. The van der Waals surface area contributed by atoms with Gasteiger partial charge in [-0.05, 0) is 70.6 Å². The second-order valence-electron chi connectivity index (χ2n) is 16.2. The molecular formula is C50H91NO5. The van der Waals surface area contributed by atoms with Crippen molar-refractivity contribution in [2.75, 3.05) is 6.61 Å². The Morgan fingerprint density at radius 3 is 1.50 bits per heavy atom. The fourth-order valence-corrected chi connectivity index (χ4v) is 7.00. The van der Waals surface area contributed by atoms with Crippen LogP contribution in [0.2, 0.25) is 0 Å². The molecule has 0 aliphatic rings. The number of carbonyl (C=O) groups excluding carboxylic acids is 2. The van der Waals surface area contributed by atoms with Gasteiger partial charge in [-0.3, -0.25) is 9.59 Å². The van der Waals surface area contributed by atoms with E-state index in [1.807, 2.05) is 6.08 Å². The van der Waals surface area contributed by atoms with E-state index in [2.05, 4.69) is 68.6 Å². The summed E-state index contributed by atoms with van der Waals surface area (Å²) in [5.74, 6) is -0.574. The van der Waals surface area contributed by atoms with Gasteiger partial charge in [0, 0.05) is 6.42 Å². The number of esters is 1. The van der Waals surface area contributed by atoms with E-state index in [1.54, 1.807) is 0 Å². The average molecular weight is 786 g/mol. The van der Waals surface area contributed by atoms with Gasteiger partial charge in [-0.1, -0.05) is 198 Å². The van der Waals surface area contributed by atoms with Gasteiger partial charge in [-0.15, -0.1) is 0 Å². The van der Waals surface area contributed by atoms with Gasteiger partial charge in [-0.2, -0.15) is 0 Å². The maximum atomic E-state index is 13.1. The van der Waals surface area contributed by atoms with Crippen molar-refractivity contribution in [3.8, 4) is 0 Å². The number of rotatable bonds is 42. The molecule has 0 spiro atoms. The van der Waals surface area contributed by atoms with Crippen molar-refractivity contribution < 1.29 is 24.5 Å². The highest BCUT2D eigenvalue weighted by atomic mass is 16.5. The van der Waals surface area contributed by atoms with E-state index in [-0.39, 0.29) is 31.3 Å². The summed E-state index contributed by atoms with van der Waals surface area (Å²) in [4.78, 5) is 26.0. The minimum Gasteiger partial charge on any atom is -0.462 e. The van der Waals surface area contributed by atoms with Crippen molar-refractivity contribution >= 4 is 11.9 Å². The molecule has 0 fully saturated rings. The molecule has 0 radical (unpaired) electrons. The second-order valence-corrected chi connectivity index (χ2v) is 16.2. The van der Waals surface area contributed by atoms with E-state index in [1.165, 1.54) is 109 Å². The molecule has 3 N–H and O–H groups in total. The number of amides is 1. The zero-order chi connectivity index (χ0) is 41.0. The molecular weight excluding hydrogens is 695 g/mol. The van der Waals surface area contributed by atoms with Crippen LogP contribution in [0.5, 0.6) is 0 Å². The monoisotopic (exact) mass is 786 g/mol. The molecule has 56 heavy (non-hydrogen) atoms. The summed E-state index contributed by atoms with van der Waals surface area (Å²) in [5.41, 5.74) is 0. The molecule has 0 heterocycles. The SMILES string of the molecule is CCCCC/C=C/C=C/CCCCCCC(CC(=O)NC(CO)C(O)CCCCCCCCCCCCC)OC(=O)CC/C=C/C/C=C\CCCCCCCC. The minimum atomic E-state index is -0.800. The Hall–Kier alpha value is -2.18. The highest BCUT2D eigenvalue weighted by molar-refractivity contribution is 5.77. The van der Waals surface area contributed by atoms with E-state index in [0.717, 1.165) is 70.6 Å². The first-order valence-electron chi connectivity index (χ1n) is 23.9. The van der Waals surface area contributed by atoms with Crippen LogP contribution in [0, 0.1) is 0 Å². The van der Waals surface area contributed by atoms with Gasteiger partial charge in [0.15, 0.2) is 0 Å². The third-order valence-corrected chi connectivity index (χ3v) is 10.7. The molecule has 0 aromatic heterocycles. The highest BCUT2D eigenvalue weighted by Gasteiger charge is 2.24. The normalized spacial score (nSPS) is 13.7. The number of hydrogen-bond acceptors (Lipinski definition) is 5. The summed E-state index contributed by atoms with van der Waals surface area (Å²) in [5, 5.41) is 23.6. The molecule has 0 aliphatic carbocycles. The smallest absolute Gasteiger partial charge is 0.306 e. The maximum absolute atomic E-state index is 13.1. The molecule has 3 unspecified atom stereocenters. The number of allylic oxidation sites excluding steroid dienone is 8. The Bertz CT molecular complexity index is 972. The molecule has 3 atom stereocenters. The summed E-state index contributed by atoms with van der Waals surface area (Å²) >= 11 is 0. The van der Waals surface area contributed by atoms with Crippen LogP contribution < -0.4 is 5.32 Å². The van der Waals surface area contributed by atoms with E-state index in [4.69, 9.17) is 4.74 Å². The lowest BCUT2D eigenvalue weighted by molar-refractivity contribution is -0.150. The number of aliphatic hydroxyl groups is 2. The predicted octanol–water partition coefficient (Wildman–Crippen LogP) is 13.9. The summed E-state index contributed by atoms with van der Waals surface area (Å²) in [6, 6.07) is -0.716. The second kappa shape index (κ2) is 43.9. The van der Waals surface area contributed by atoms with Crippen LogP contribution in [0.3, 0.4) is 0 Å². The standard InChI is InChI=1S/C50H91NO5/c1-4-7-10-13-16-19-22-24-27-29-32-35-38-41-46(56-50(55)43-40-37-34-31-28-25-23-20-17-14-11-8-5-2)44-49(54)51-47(45-52)48(53)42-39-36-33-30-26-21-18-15-12-9-6-3/h16,19,22,24-25,28,34,37,46-48,52-53H,4-15,17-18,20-21,23,26-27,29-33,35-36,38-45H2,1-3H3,(H,51,54)/b19-16+,24-22+,28-25-,37-34+. The van der Waals surface area contributed by atoms with Crippen LogP contribution in [0.15, 0.2) is 48.6 Å². The van der Waals surface area contributed by atoms with E-state index in [0.29, 0.717) is 19.3 Å². The molecule has 0 bridgehead atoms. The fraction of sp³-hybridized carbons (Fsp3) is 0.800. The number of ether oxygens (including phenoxy) is 1. The van der Waals surface area contributed by atoms with Crippen molar-refractivity contribution in [1.29, 1.82) is 0 Å². The zero-order valence-electron chi connectivity index (χ0n) is 37.0. The van der Waals surface area contributed by atoms with Crippen molar-refractivity contribution in [3.05, 3.63) is 48.6 Å². The molecule has 6 heteroatoms. The molecule has 0 aromatic rings. The topological polar surface area (TPSA) is 95.9 Å². The number of hydrogen-bond donors (Lipinski definition) is 3. The lowest BCUT2D eigenvalue weighted by Gasteiger charge is -2.24. The van der Waals surface area contributed by atoms with Gasteiger partial charge in [-0.25, -0.2) is 0 Å². The summed E-state index contributed by atoms with van der Waals surface area (Å²) < 4.78 is 5.86. The first kappa shape index (κ1) is 53.8. The molecule has 0 saturated carbocycles. The van der Waals surface area contributed by atoms with E-state index in [9.17, 15) is 19.8 Å². The third kappa shape index (κ3) is 38.7. The fourth-order valence-electron chi connectivity index (χ4n) is 7.00. The molecule has 6 nitrogen and oxygen atoms in total. The van der Waals surface area contributed by atoms with Gasteiger partial charge in [0.25, 0.3) is 0 Å². The van der Waals surface area contributed by atoms with Crippen molar-refractivity contribution in [2.45, 2.75) is 251 Å². The van der Waals surface area contributed by atoms with Gasteiger partial charge in [0.05, 0.1) is 25.2 Å². The third-order valence-electron chi connectivity index (χ3n) is 10.7. The molecule has 1 amide bonds. The Morgan fingerprint density at radius 2 is 0.964 bits per heavy atom. The number of carbonyl (C=O) groups is 2. The van der Waals surface area contributed by atoms with Crippen LogP contribution in [0.4, 0.5) is 0 Å². The van der Waals surface area contributed by atoms with Crippen LogP contribution in [-0.4, -0.2) is 46.9 Å². The summed E-state index contributed by atoms with van der Waals surface area (Å²) in [7, 11) is 0. The highest BCUT2D eigenvalue weighted by Crippen LogP contribution is 2.17. The lowest BCUT2D eigenvalue weighted by atomic mass is 10.0. The van der Waals surface area contributed by atoms with Crippen LogP contribution in [-0.2, 0) is 14.3 Å². The number of unbranched alkanes of at least 4 members (excludes halogenated alkanes) is 23. The maximum Gasteiger partial charge on any atom is 0.306 e. The first-order chi connectivity index (χ1) is 27.5. The Kier molecular flexibility index (Phi) is 42.2. The quantitative estimate of drug-likeness (QED) is 0.0248. The van der Waals surface area contributed by atoms with E-state index >= 15 is 0 Å². The van der Waals surface area contributed by atoms with Crippen LogP contribution in [0.25, 0.3) is 0 Å². The van der Waals surface area contributed by atoms with Gasteiger partial charge in [0.2, 0.25) is 5.91 Å². The Morgan fingerprint density at radius 1 is 0.536 bits per heavy atom. The Balaban J connectivity index is 4.71. The van der Waals surface area contributed by atoms with Crippen molar-refractivity contribution in [1.82, 2.24) is 5.32 Å². The average Bonchev–Trinajstić information content (AvgIpc) is 3.19. The van der Waals surface area contributed by atoms with Gasteiger partial charge in [0.1, 0.15) is 6.10 Å². The molecule has 326 valence electrons. The van der Waals surface area contributed by atoms with E-state index < -0.39 is 18.2 Å². The summed E-state index contributed by atoms with van der Waals surface area (Å²) in [6.45, 7) is 6.41. The largest absolute Gasteiger partial charge is 0.462 e. The number of aliphatic hydroxyl groups excluding tert-OH is 2. The predicted molar refractivity (Wildman–Crippen MR) is 241 cm³/mol. The molecule has 0 aromatic carbocycles. The zero-order valence-corrected chi connectivity index (χ0v) is 37.0. The Labute approximate surface area is 346 Å². The number of nitrogens with one attached hydrogen (secondary N) is 1. The molecule has 0 rings (SSSR count). The van der Waals surface area contributed by atoms with Crippen LogP contribution in [0.1, 0.15) is 233 Å². The summed E-state index contributed by atoms with van der Waals surface area (Å²) in [6.07, 6.45) is 51.7. The van der Waals surface area contributed by atoms with Gasteiger partial charge >= 0.3 is 5.97 Å².